The predicted molar refractivity (Wildman–Crippen MR) is 116 cm³/mol. The number of amides is 1. The van der Waals surface area contributed by atoms with Gasteiger partial charge in [0, 0.05) is 12.1 Å². The summed E-state index contributed by atoms with van der Waals surface area (Å²) in [5.74, 6) is 2.40. The highest BCUT2D eigenvalue weighted by molar-refractivity contribution is 5.96. The fraction of sp³-hybridized carbons (Fsp3) is 0.458. The molecular weight excluding hydrogens is 382 g/mol. The third-order valence-electron chi connectivity index (χ3n) is 5.17. The maximum Gasteiger partial charge on any atom is 0.254 e. The van der Waals surface area contributed by atoms with E-state index < -0.39 is 0 Å². The normalized spacial score (nSPS) is 15.7. The molecule has 1 fully saturated rings. The minimum atomic E-state index is -0.0294. The SMILES string of the molecule is CCOc1cc(C(=O)N2CCC[C@@H]2c2ccc(OC)cc2)cc(OCC)c1OCC. The highest BCUT2D eigenvalue weighted by Gasteiger charge is 2.32. The van der Waals surface area contributed by atoms with Crippen molar-refractivity contribution in [1.29, 1.82) is 0 Å². The molecule has 0 saturated carbocycles. The highest BCUT2D eigenvalue weighted by atomic mass is 16.5. The van der Waals surface area contributed by atoms with Crippen molar-refractivity contribution in [2.45, 2.75) is 39.7 Å². The molecule has 162 valence electrons. The van der Waals surface area contributed by atoms with Crippen molar-refractivity contribution in [3.05, 3.63) is 47.5 Å². The molecule has 1 aliphatic heterocycles. The third kappa shape index (κ3) is 4.64. The number of methoxy groups -OCH3 is 1. The summed E-state index contributed by atoms with van der Waals surface area (Å²) in [6, 6.07) is 11.5. The van der Waals surface area contributed by atoms with E-state index in [4.69, 9.17) is 18.9 Å². The Morgan fingerprint density at radius 3 is 2.10 bits per heavy atom. The summed E-state index contributed by atoms with van der Waals surface area (Å²) >= 11 is 0. The molecule has 0 radical (unpaired) electrons. The Morgan fingerprint density at radius 2 is 1.57 bits per heavy atom. The lowest BCUT2D eigenvalue weighted by Gasteiger charge is -2.26. The third-order valence-corrected chi connectivity index (χ3v) is 5.17. The summed E-state index contributed by atoms with van der Waals surface area (Å²) in [4.78, 5) is 15.4. The second-order valence-corrected chi connectivity index (χ2v) is 7.03. The van der Waals surface area contributed by atoms with Gasteiger partial charge in [-0.25, -0.2) is 0 Å². The van der Waals surface area contributed by atoms with Crippen LogP contribution in [0.2, 0.25) is 0 Å². The Kier molecular flexibility index (Phi) is 7.44. The number of likely N-dealkylation sites (tertiary alicyclic amines) is 1. The van der Waals surface area contributed by atoms with Gasteiger partial charge in [-0.2, -0.15) is 0 Å². The molecule has 2 aromatic rings. The fourth-order valence-electron chi connectivity index (χ4n) is 3.86. The van der Waals surface area contributed by atoms with Gasteiger partial charge in [0.1, 0.15) is 5.75 Å². The molecule has 0 aliphatic carbocycles. The molecular formula is C24H31NO5. The van der Waals surface area contributed by atoms with Gasteiger partial charge in [-0.1, -0.05) is 12.1 Å². The average Bonchev–Trinajstić information content (AvgIpc) is 3.25. The van der Waals surface area contributed by atoms with E-state index in [2.05, 4.69) is 0 Å². The van der Waals surface area contributed by atoms with Crippen molar-refractivity contribution in [2.24, 2.45) is 0 Å². The second kappa shape index (κ2) is 10.2. The van der Waals surface area contributed by atoms with Crippen LogP contribution in [0.1, 0.15) is 55.6 Å². The van der Waals surface area contributed by atoms with Crippen LogP contribution >= 0.6 is 0 Å². The van der Waals surface area contributed by atoms with Gasteiger partial charge in [0.25, 0.3) is 5.91 Å². The molecule has 1 saturated heterocycles. The number of ether oxygens (including phenoxy) is 4. The average molecular weight is 414 g/mol. The van der Waals surface area contributed by atoms with Crippen molar-refractivity contribution in [3.8, 4) is 23.0 Å². The first-order valence-electron chi connectivity index (χ1n) is 10.6. The van der Waals surface area contributed by atoms with Crippen molar-refractivity contribution >= 4 is 5.91 Å². The van der Waals surface area contributed by atoms with Crippen LogP contribution < -0.4 is 18.9 Å². The van der Waals surface area contributed by atoms with Crippen LogP contribution in [0.4, 0.5) is 0 Å². The van der Waals surface area contributed by atoms with Crippen LogP contribution in [0.3, 0.4) is 0 Å². The first kappa shape index (κ1) is 21.8. The Balaban J connectivity index is 1.93. The molecule has 1 heterocycles. The molecule has 6 heteroatoms. The topological polar surface area (TPSA) is 57.2 Å². The van der Waals surface area contributed by atoms with Crippen LogP contribution in [-0.4, -0.2) is 44.3 Å². The minimum absolute atomic E-state index is 0.0294. The number of nitrogens with zero attached hydrogens (tertiary/aromatic N) is 1. The van der Waals surface area contributed by atoms with Crippen molar-refractivity contribution in [2.75, 3.05) is 33.5 Å². The van der Waals surface area contributed by atoms with Crippen LogP contribution in [0.5, 0.6) is 23.0 Å². The lowest BCUT2D eigenvalue weighted by Crippen LogP contribution is -2.30. The van der Waals surface area contributed by atoms with E-state index >= 15 is 0 Å². The molecule has 0 unspecified atom stereocenters. The molecule has 0 N–H and O–H groups in total. The van der Waals surface area contributed by atoms with Gasteiger partial charge in [0.15, 0.2) is 11.5 Å². The summed E-state index contributed by atoms with van der Waals surface area (Å²) in [5.41, 5.74) is 1.66. The monoisotopic (exact) mass is 413 g/mol. The Hall–Kier alpha value is -2.89. The number of benzene rings is 2. The number of hydrogen-bond donors (Lipinski definition) is 0. The first-order chi connectivity index (χ1) is 14.6. The lowest BCUT2D eigenvalue weighted by atomic mass is 10.0. The van der Waals surface area contributed by atoms with Gasteiger partial charge in [0.05, 0.1) is 33.0 Å². The molecule has 2 aromatic carbocycles. The number of carbonyl (C=O) groups is 1. The highest BCUT2D eigenvalue weighted by Crippen LogP contribution is 2.41. The summed E-state index contributed by atoms with van der Waals surface area (Å²) in [6.45, 7) is 7.88. The zero-order valence-corrected chi connectivity index (χ0v) is 18.3. The fourth-order valence-corrected chi connectivity index (χ4v) is 3.86. The van der Waals surface area contributed by atoms with Crippen LogP contribution in [0.15, 0.2) is 36.4 Å². The van der Waals surface area contributed by atoms with Crippen molar-refractivity contribution < 1.29 is 23.7 Å². The van der Waals surface area contributed by atoms with E-state index in [9.17, 15) is 4.79 Å². The number of rotatable bonds is 9. The van der Waals surface area contributed by atoms with Gasteiger partial charge < -0.3 is 23.8 Å². The van der Waals surface area contributed by atoms with E-state index in [1.165, 1.54) is 0 Å². The zero-order chi connectivity index (χ0) is 21.5. The summed E-state index contributed by atoms with van der Waals surface area (Å²) in [6.07, 6.45) is 1.90. The quantitative estimate of drug-likeness (QED) is 0.587. The van der Waals surface area contributed by atoms with Crippen LogP contribution in [0.25, 0.3) is 0 Å². The van der Waals surface area contributed by atoms with Crippen LogP contribution in [-0.2, 0) is 0 Å². The van der Waals surface area contributed by atoms with Gasteiger partial charge in [0.2, 0.25) is 5.75 Å². The lowest BCUT2D eigenvalue weighted by molar-refractivity contribution is 0.0734. The maximum atomic E-state index is 13.5. The van der Waals surface area contributed by atoms with E-state index in [1.54, 1.807) is 19.2 Å². The van der Waals surface area contributed by atoms with Gasteiger partial charge in [-0.15, -0.1) is 0 Å². The number of carbonyl (C=O) groups excluding carboxylic acids is 1. The molecule has 0 spiro atoms. The van der Waals surface area contributed by atoms with Crippen molar-refractivity contribution in [1.82, 2.24) is 4.90 Å². The van der Waals surface area contributed by atoms with Gasteiger partial charge in [-0.3, -0.25) is 4.79 Å². The van der Waals surface area contributed by atoms with Crippen LogP contribution in [0, 0.1) is 0 Å². The summed E-state index contributed by atoms with van der Waals surface area (Å²) < 4.78 is 22.6. The predicted octanol–water partition coefficient (Wildman–Crippen LogP) is 4.87. The molecule has 6 nitrogen and oxygen atoms in total. The van der Waals surface area contributed by atoms with E-state index in [0.29, 0.717) is 42.6 Å². The summed E-state index contributed by atoms with van der Waals surface area (Å²) in [7, 11) is 1.65. The smallest absolute Gasteiger partial charge is 0.254 e. The number of hydrogen-bond acceptors (Lipinski definition) is 5. The first-order valence-corrected chi connectivity index (χ1v) is 10.6. The Morgan fingerprint density at radius 1 is 0.967 bits per heavy atom. The second-order valence-electron chi connectivity index (χ2n) is 7.03. The zero-order valence-electron chi connectivity index (χ0n) is 18.3. The van der Waals surface area contributed by atoms with E-state index in [-0.39, 0.29) is 11.9 Å². The maximum absolute atomic E-state index is 13.5. The summed E-state index contributed by atoms with van der Waals surface area (Å²) in [5, 5.41) is 0. The molecule has 30 heavy (non-hydrogen) atoms. The molecule has 0 bridgehead atoms. The molecule has 3 rings (SSSR count). The van der Waals surface area contributed by atoms with E-state index in [1.807, 2.05) is 49.9 Å². The Bertz CT molecular complexity index is 822. The molecule has 1 amide bonds. The molecule has 1 atom stereocenters. The van der Waals surface area contributed by atoms with Gasteiger partial charge >= 0.3 is 0 Å². The molecule has 0 aromatic heterocycles. The van der Waals surface area contributed by atoms with Crippen molar-refractivity contribution in [3.63, 3.8) is 0 Å². The molecule has 1 aliphatic rings. The van der Waals surface area contributed by atoms with E-state index in [0.717, 1.165) is 30.7 Å². The van der Waals surface area contributed by atoms with Gasteiger partial charge in [-0.05, 0) is 63.4 Å². The largest absolute Gasteiger partial charge is 0.497 e. The Labute approximate surface area is 178 Å². The minimum Gasteiger partial charge on any atom is -0.497 e. The standard InChI is InChI=1S/C24H31NO5/c1-5-28-21-15-18(16-22(29-6-2)23(21)30-7-3)24(26)25-14-8-9-20(25)17-10-12-19(27-4)13-11-17/h10-13,15-16,20H,5-9,14H2,1-4H3/t20-/m1/s1.